The molecule has 1 saturated heterocycles. The summed E-state index contributed by atoms with van der Waals surface area (Å²) >= 11 is 3.65. The molecule has 0 aliphatic carbocycles. The van der Waals surface area contributed by atoms with Gasteiger partial charge in [0.2, 0.25) is 5.91 Å². The van der Waals surface area contributed by atoms with E-state index in [4.69, 9.17) is 0 Å². The van der Waals surface area contributed by atoms with Crippen molar-refractivity contribution in [1.82, 2.24) is 10.6 Å². The summed E-state index contributed by atoms with van der Waals surface area (Å²) in [6.45, 7) is 1.63. The third-order valence-corrected chi connectivity index (χ3v) is 4.95. The summed E-state index contributed by atoms with van der Waals surface area (Å²) in [5, 5.41) is 6.37. The molecule has 1 aromatic rings. The lowest BCUT2D eigenvalue weighted by Crippen LogP contribution is -2.41. The van der Waals surface area contributed by atoms with Crippen LogP contribution < -0.4 is 10.6 Å². The van der Waals surface area contributed by atoms with Crippen molar-refractivity contribution < 1.29 is 4.79 Å². The van der Waals surface area contributed by atoms with Crippen molar-refractivity contribution in [2.45, 2.75) is 23.9 Å². The van der Waals surface area contributed by atoms with Gasteiger partial charge in [-0.1, -0.05) is 12.1 Å². The summed E-state index contributed by atoms with van der Waals surface area (Å²) in [7, 11) is 0. The van der Waals surface area contributed by atoms with Crippen LogP contribution >= 0.6 is 23.5 Å². The minimum atomic E-state index is 0.133. The van der Waals surface area contributed by atoms with Crippen LogP contribution in [0.15, 0.2) is 29.2 Å². The number of hydrogen-bond acceptors (Lipinski definition) is 4. The van der Waals surface area contributed by atoms with E-state index in [2.05, 4.69) is 41.2 Å². The molecule has 2 rings (SSSR count). The maximum absolute atomic E-state index is 11.8. The predicted molar refractivity (Wildman–Crippen MR) is 83.8 cm³/mol. The summed E-state index contributed by atoms with van der Waals surface area (Å²) in [6, 6.07) is 8.65. The zero-order valence-corrected chi connectivity index (χ0v) is 12.8. The van der Waals surface area contributed by atoms with Gasteiger partial charge >= 0.3 is 0 Å². The second-order valence-electron chi connectivity index (χ2n) is 4.55. The Morgan fingerprint density at radius 3 is 2.89 bits per heavy atom. The molecule has 0 spiro atoms. The van der Waals surface area contributed by atoms with Crippen LogP contribution in [-0.2, 0) is 11.3 Å². The van der Waals surface area contributed by atoms with E-state index in [1.165, 1.54) is 4.90 Å². The third kappa shape index (κ3) is 5.09. The molecule has 0 radical (unpaired) electrons. The SMILES string of the molecule is CSc1ccc(CNC(=O)CC2CSCCN2)cc1. The maximum Gasteiger partial charge on any atom is 0.221 e. The molecule has 104 valence electrons. The molecule has 3 nitrogen and oxygen atoms in total. The average Bonchev–Trinajstić information content (AvgIpc) is 2.47. The minimum absolute atomic E-state index is 0.133. The van der Waals surface area contributed by atoms with Gasteiger partial charge in [0.25, 0.3) is 0 Å². The molecule has 1 aliphatic rings. The van der Waals surface area contributed by atoms with Crippen molar-refractivity contribution in [3.63, 3.8) is 0 Å². The van der Waals surface area contributed by atoms with Crippen LogP contribution in [0.1, 0.15) is 12.0 Å². The Labute approximate surface area is 123 Å². The van der Waals surface area contributed by atoms with E-state index >= 15 is 0 Å². The van der Waals surface area contributed by atoms with E-state index in [9.17, 15) is 4.79 Å². The van der Waals surface area contributed by atoms with Gasteiger partial charge in [0, 0.05) is 42.0 Å². The molecule has 1 unspecified atom stereocenters. The maximum atomic E-state index is 11.8. The molecule has 0 saturated carbocycles. The lowest BCUT2D eigenvalue weighted by Gasteiger charge is -2.22. The molecule has 1 aliphatic heterocycles. The Balaban J connectivity index is 1.72. The third-order valence-electron chi connectivity index (χ3n) is 3.08. The van der Waals surface area contributed by atoms with Crippen molar-refractivity contribution in [2.24, 2.45) is 0 Å². The predicted octanol–water partition coefficient (Wildman–Crippen LogP) is 2.12. The highest BCUT2D eigenvalue weighted by Gasteiger charge is 2.16. The lowest BCUT2D eigenvalue weighted by molar-refractivity contribution is -0.121. The molecule has 0 aromatic heterocycles. The first-order valence-electron chi connectivity index (χ1n) is 6.48. The first-order chi connectivity index (χ1) is 9.28. The zero-order valence-electron chi connectivity index (χ0n) is 11.1. The smallest absolute Gasteiger partial charge is 0.221 e. The summed E-state index contributed by atoms with van der Waals surface area (Å²) in [5.74, 6) is 2.32. The van der Waals surface area contributed by atoms with Gasteiger partial charge in [0.15, 0.2) is 0 Å². The topological polar surface area (TPSA) is 41.1 Å². The van der Waals surface area contributed by atoms with Gasteiger partial charge in [-0.3, -0.25) is 4.79 Å². The van der Waals surface area contributed by atoms with Crippen molar-refractivity contribution in [1.29, 1.82) is 0 Å². The molecule has 0 bridgehead atoms. The number of carbonyl (C=O) groups is 1. The van der Waals surface area contributed by atoms with Gasteiger partial charge in [-0.2, -0.15) is 11.8 Å². The fraction of sp³-hybridized carbons (Fsp3) is 0.500. The molecule has 5 heteroatoms. The zero-order chi connectivity index (χ0) is 13.5. The molecule has 1 aromatic carbocycles. The van der Waals surface area contributed by atoms with E-state index < -0.39 is 0 Å². The summed E-state index contributed by atoms with van der Waals surface area (Å²) in [4.78, 5) is 13.1. The second-order valence-corrected chi connectivity index (χ2v) is 6.58. The Morgan fingerprint density at radius 2 is 2.26 bits per heavy atom. The van der Waals surface area contributed by atoms with Crippen LogP contribution in [0.4, 0.5) is 0 Å². The Morgan fingerprint density at radius 1 is 1.47 bits per heavy atom. The van der Waals surface area contributed by atoms with Crippen molar-refractivity contribution >= 4 is 29.4 Å². The van der Waals surface area contributed by atoms with Crippen LogP contribution in [0.5, 0.6) is 0 Å². The fourth-order valence-electron chi connectivity index (χ4n) is 1.99. The average molecular weight is 296 g/mol. The van der Waals surface area contributed by atoms with E-state index in [1.54, 1.807) is 11.8 Å². The van der Waals surface area contributed by atoms with Gasteiger partial charge in [-0.25, -0.2) is 0 Å². The molecular weight excluding hydrogens is 276 g/mol. The summed E-state index contributed by atoms with van der Waals surface area (Å²) in [6.07, 6.45) is 2.64. The first kappa shape index (κ1) is 14.8. The van der Waals surface area contributed by atoms with Crippen molar-refractivity contribution in [3.05, 3.63) is 29.8 Å². The van der Waals surface area contributed by atoms with Crippen LogP contribution in [0.2, 0.25) is 0 Å². The molecule has 2 N–H and O–H groups in total. The Hall–Kier alpha value is -0.650. The van der Waals surface area contributed by atoms with Gasteiger partial charge in [-0.05, 0) is 24.0 Å². The highest BCUT2D eigenvalue weighted by atomic mass is 32.2. The number of rotatable bonds is 5. The summed E-state index contributed by atoms with van der Waals surface area (Å²) < 4.78 is 0. The number of amides is 1. The van der Waals surface area contributed by atoms with Gasteiger partial charge in [0.1, 0.15) is 0 Å². The van der Waals surface area contributed by atoms with Crippen LogP contribution in [0, 0.1) is 0 Å². The monoisotopic (exact) mass is 296 g/mol. The molecular formula is C14H20N2OS2. The van der Waals surface area contributed by atoms with Gasteiger partial charge in [-0.15, -0.1) is 11.8 Å². The number of thioether (sulfide) groups is 2. The number of hydrogen-bond donors (Lipinski definition) is 2. The number of benzene rings is 1. The molecule has 1 atom stereocenters. The van der Waals surface area contributed by atoms with E-state index in [0.717, 1.165) is 23.6 Å². The van der Waals surface area contributed by atoms with Crippen molar-refractivity contribution in [2.75, 3.05) is 24.3 Å². The van der Waals surface area contributed by atoms with Crippen LogP contribution in [0.25, 0.3) is 0 Å². The fourth-order valence-corrected chi connectivity index (χ4v) is 3.35. The van der Waals surface area contributed by atoms with E-state index in [0.29, 0.717) is 19.0 Å². The quantitative estimate of drug-likeness (QED) is 0.817. The number of nitrogens with one attached hydrogen (secondary N) is 2. The molecule has 1 fully saturated rings. The Kier molecular flexibility index (Phi) is 6.07. The lowest BCUT2D eigenvalue weighted by atomic mass is 10.2. The van der Waals surface area contributed by atoms with Crippen LogP contribution in [0.3, 0.4) is 0 Å². The van der Waals surface area contributed by atoms with Crippen LogP contribution in [-0.4, -0.2) is 36.3 Å². The highest BCUT2D eigenvalue weighted by molar-refractivity contribution is 7.99. The summed E-state index contributed by atoms with van der Waals surface area (Å²) in [5.41, 5.74) is 1.15. The van der Waals surface area contributed by atoms with Gasteiger partial charge < -0.3 is 10.6 Å². The highest BCUT2D eigenvalue weighted by Crippen LogP contribution is 2.15. The standard InChI is InChI=1S/C14H20N2OS2/c1-18-13-4-2-11(3-5-13)9-16-14(17)8-12-10-19-7-6-15-12/h2-5,12,15H,6-10H2,1H3,(H,16,17). The number of carbonyl (C=O) groups excluding carboxylic acids is 1. The normalized spacial score (nSPS) is 19.1. The molecule has 19 heavy (non-hydrogen) atoms. The van der Waals surface area contributed by atoms with E-state index in [-0.39, 0.29) is 5.91 Å². The molecule has 1 amide bonds. The minimum Gasteiger partial charge on any atom is -0.352 e. The first-order valence-corrected chi connectivity index (χ1v) is 8.86. The molecule has 1 heterocycles. The van der Waals surface area contributed by atoms with E-state index in [1.807, 2.05) is 11.8 Å². The largest absolute Gasteiger partial charge is 0.352 e. The second kappa shape index (κ2) is 7.82. The van der Waals surface area contributed by atoms with Crippen molar-refractivity contribution in [3.8, 4) is 0 Å². The van der Waals surface area contributed by atoms with Gasteiger partial charge in [0.05, 0.1) is 0 Å². The Bertz CT molecular complexity index is 402.